The number of hydrogen-bond donors (Lipinski definition) is 2. The summed E-state index contributed by atoms with van der Waals surface area (Å²) < 4.78 is 3.75. The number of carbonyl (C=O) groups excluding carboxylic acids is 2. The first-order chi connectivity index (χ1) is 13.4. The Labute approximate surface area is 165 Å². The molecule has 2 heterocycles. The van der Waals surface area contributed by atoms with Crippen LogP contribution in [0.25, 0.3) is 0 Å². The molecule has 0 aliphatic heterocycles. The fourth-order valence-corrected chi connectivity index (χ4v) is 3.56. The van der Waals surface area contributed by atoms with E-state index >= 15 is 0 Å². The van der Waals surface area contributed by atoms with Crippen molar-refractivity contribution in [3.8, 4) is 0 Å². The van der Waals surface area contributed by atoms with Crippen LogP contribution in [0.2, 0.25) is 0 Å². The van der Waals surface area contributed by atoms with Gasteiger partial charge in [0.1, 0.15) is 0 Å². The lowest BCUT2D eigenvalue weighted by atomic mass is 9.91. The molecule has 0 radical (unpaired) electrons. The largest absolute Gasteiger partial charge is 0.357 e. The molecule has 2 aromatic heterocycles. The summed E-state index contributed by atoms with van der Waals surface area (Å²) in [6.07, 6.45) is 9.69. The number of carbonyl (C=O) groups is 2. The Balaban J connectivity index is 1.45. The van der Waals surface area contributed by atoms with E-state index in [2.05, 4.69) is 20.9 Å². The first-order valence-corrected chi connectivity index (χ1v) is 10.0. The van der Waals surface area contributed by atoms with E-state index in [0.717, 1.165) is 31.2 Å². The molecule has 0 spiro atoms. The molecule has 0 saturated heterocycles. The van der Waals surface area contributed by atoms with Gasteiger partial charge in [0.25, 0.3) is 5.91 Å². The van der Waals surface area contributed by atoms with E-state index in [1.165, 1.54) is 0 Å². The quantitative estimate of drug-likeness (QED) is 0.759. The van der Waals surface area contributed by atoms with Gasteiger partial charge >= 0.3 is 0 Å². The second-order valence-corrected chi connectivity index (χ2v) is 8.12. The Hall–Kier alpha value is -2.64. The molecule has 8 heteroatoms. The molecule has 28 heavy (non-hydrogen) atoms. The lowest BCUT2D eigenvalue weighted by Gasteiger charge is -2.28. The summed E-state index contributed by atoms with van der Waals surface area (Å²) in [5.41, 5.74) is 1.39. The van der Waals surface area contributed by atoms with E-state index in [1.807, 2.05) is 43.9 Å². The lowest BCUT2D eigenvalue weighted by molar-refractivity contribution is -0.121. The normalized spacial score (nSPS) is 19.6. The minimum absolute atomic E-state index is 0.0690. The summed E-state index contributed by atoms with van der Waals surface area (Å²) in [6, 6.07) is 2.39. The third-order valence-corrected chi connectivity index (χ3v) is 5.11. The molecule has 0 atom stereocenters. The molecule has 1 aliphatic carbocycles. The Kier molecular flexibility index (Phi) is 6.49. The SMILES string of the molecule is CC(C)CNC(=O)c1cn(C2CCC(NC(=O)Cc3ccn(C)c3)CC2)nn1. The highest BCUT2D eigenvalue weighted by Crippen LogP contribution is 2.28. The zero-order chi connectivity index (χ0) is 20.1. The predicted molar refractivity (Wildman–Crippen MR) is 106 cm³/mol. The average Bonchev–Trinajstić information content (AvgIpc) is 3.29. The fraction of sp³-hybridized carbons (Fsp3) is 0.600. The van der Waals surface area contributed by atoms with Crippen LogP contribution in [0.3, 0.4) is 0 Å². The van der Waals surface area contributed by atoms with Crippen molar-refractivity contribution in [3.05, 3.63) is 35.9 Å². The van der Waals surface area contributed by atoms with Crippen molar-refractivity contribution in [2.45, 2.75) is 58.0 Å². The summed E-state index contributed by atoms with van der Waals surface area (Å²) in [5, 5.41) is 14.2. The van der Waals surface area contributed by atoms with Crippen molar-refractivity contribution in [1.82, 2.24) is 30.2 Å². The van der Waals surface area contributed by atoms with E-state index < -0.39 is 0 Å². The maximum atomic E-state index is 12.2. The summed E-state index contributed by atoms with van der Waals surface area (Å²) in [6.45, 7) is 4.72. The number of nitrogens with one attached hydrogen (secondary N) is 2. The first kappa shape index (κ1) is 20.1. The highest BCUT2D eigenvalue weighted by Gasteiger charge is 2.25. The predicted octanol–water partition coefficient (Wildman–Crippen LogP) is 1.84. The summed E-state index contributed by atoms with van der Waals surface area (Å²) in [5.74, 6) is 0.285. The monoisotopic (exact) mass is 386 g/mol. The Morgan fingerprint density at radius 1 is 1.21 bits per heavy atom. The van der Waals surface area contributed by atoms with Gasteiger partial charge in [0.05, 0.1) is 18.7 Å². The summed E-state index contributed by atoms with van der Waals surface area (Å²) in [4.78, 5) is 24.3. The van der Waals surface area contributed by atoms with Gasteiger partial charge in [-0.1, -0.05) is 19.1 Å². The molecular weight excluding hydrogens is 356 g/mol. The zero-order valence-corrected chi connectivity index (χ0v) is 16.9. The van der Waals surface area contributed by atoms with Gasteiger partial charge in [0.15, 0.2) is 5.69 Å². The highest BCUT2D eigenvalue weighted by atomic mass is 16.2. The molecule has 1 fully saturated rings. The van der Waals surface area contributed by atoms with Gasteiger partial charge in [0, 0.05) is 32.0 Å². The summed E-state index contributed by atoms with van der Waals surface area (Å²) >= 11 is 0. The molecular formula is C20H30N6O2. The first-order valence-electron chi connectivity index (χ1n) is 10.0. The van der Waals surface area contributed by atoms with Gasteiger partial charge in [-0.05, 0) is 43.2 Å². The molecule has 0 bridgehead atoms. The van der Waals surface area contributed by atoms with E-state index in [-0.39, 0.29) is 23.9 Å². The number of rotatable bonds is 7. The van der Waals surface area contributed by atoms with E-state index in [0.29, 0.717) is 24.6 Å². The molecule has 2 amide bonds. The van der Waals surface area contributed by atoms with Crippen molar-refractivity contribution in [2.24, 2.45) is 13.0 Å². The third kappa shape index (κ3) is 5.43. The van der Waals surface area contributed by atoms with Crippen LogP contribution in [-0.2, 0) is 18.3 Å². The minimum atomic E-state index is -0.179. The number of aryl methyl sites for hydroxylation is 1. The Morgan fingerprint density at radius 3 is 2.61 bits per heavy atom. The Morgan fingerprint density at radius 2 is 1.96 bits per heavy atom. The molecule has 0 aromatic carbocycles. The van der Waals surface area contributed by atoms with Crippen LogP contribution in [0.1, 0.15) is 61.6 Å². The van der Waals surface area contributed by atoms with Crippen molar-refractivity contribution in [2.75, 3.05) is 6.54 Å². The molecule has 2 aromatic rings. The lowest BCUT2D eigenvalue weighted by Crippen LogP contribution is -2.38. The standard InChI is InChI=1S/C20H30N6O2/c1-14(2)11-21-20(28)18-13-26(24-23-18)17-6-4-16(5-7-17)22-19(27)10-15-8-9-25(3)12-15/h8-9,12-14,16-17H,4-7,10-11H2,1-3H3,(H,21,28)(H,22,27). The second kappa shape index (κ2) is 9.03. The highest BCUT2D eigenvalue weighted by molar-refractivity contribution is 5.91. The van der Waals surface area contributed by atoms with Crippen LogP contribution in [-0.4, -0.2) is 44.0 Å². The van der Waals surface area contributed by atoms with Gasteiger partial charge < -0.3 is 15.2 Å². The molecule has 1 aliphatic rings. The van der Waals surface area contributed by atoms with Crippen molar-refractivity contribution < 1.29 is 9.59 Å². The second-order valence-electron chi connectivity index (χ2n) is 8.12. The van der Waals surface area contributed by atoms with Crippen LogP contribution >= 0.6 is 0 Å². The molecule has 2 N–H and O–H groups in total. The van der Waals surface area contributed by atoms with Crippen LogP contribution < -0.4 is 10.6 Å². The Bertz CT molecular complexity index is 801. The summed E-state index contributed by atoms with van der Waals surface area (Å²) in [7, 11) is 1.95. The van der Waals surface area contributed by atoms with Crippen molar-refractivity contribution in [1.29, 1.82) is 0 Å². The third-order valence-electron chi connectivity index (χ3n) is 5.11. The van der Waals surface area contributed by atoms with E-state index in [9.17, 15) is 9.59 Å². The fourth-order valence-electron chi connectivity index (χ4n) is 3.56. The number of amides is 2. The van der Waals surface area contributed by atoms with Gasteiger partial charge in [0.2, 0.25) is 5.91 Å². The van der Waals surface area contributed by atoms with Gasteiger partial charge in [-0.15, -0.1) is 5.10 Å². The van der Waals surface area contributed by atoms with Crippen LogP contribution in [0.15, 0.2) is 24.7 Å². The average molecular weight is 387 g/mol. The van der Waals surface area contributed by atoms with Crippen LogP contribution in [0, 0.1) is 5.92 Å². The molecule has 1 saturated carbocycles. The van der Waals surface area contributed by atoms with Crippen LogP contribution in [0.4, 0.5) is 0 Å². The smallest absolute Gasteiger partial charge is 0.273 e. The molecule has 0 unspecified atom stereocenters. The molecule has 152 valence electrons. The van der Waals surface area contributed by atoms with E-state index in [4.69, 9.17) is 0 Å². The maximum Gasteiger partial charge on any atom is 0.273 e. The zero-order valence-electron chi connectivity index (χ0n) is 16.9. The van der Waals surface area contributed by atoms with E-state index in [1.54, 1.807) is 10.9 Å². The van der Waals surface area contributed by atoms with Gasteiger partial charge in [-0.2, -0.15) is 0 Å². The topological polar surface area (TPSA) is 93.8 Å². The molecule has 3 rings (SSSR count). The number of hydrogen-bond acceptors (Lipinski definition) is 4. The number of aromatic nitrogens is 4. The van der Waals surface area contributed by atoms with Crippen LogP contribution in [0.5, 0.6) is 0 Å². The van der Waals surface area contributed by atoms with Crippen molar-refractivity contribution in [3.63, 3.8) is 0 Å². The maximum absolute atomic E-state index is 12.2. The van der Waals surface area contributed by atoms with Crippen molar-refractivity contribution >= 4 is 11.8 Å². The van der Waals surface area contributed by atoms with Gasteiger partial charge in [-0.25, -0.2) is 4.68 Å². The molecule has 8 nitrogen and oxygen atoms in total. The minimum Gasteiger partial charge on any atom is -0.357 e. The number of nitrogens with zero attached hydrogens (tertiary/aromatic N) is 4. The van der Waals surface area contributed by atoms with Gasteiger partial charge in [-0.3, -0.25) is 9.59 Å².